The summed E-state index contributed by atoms with van der Waals surface area (Å²) >= 11 is 2.21. The van der Waals surface area contributed by atoms with Crippen molar-refractivity contribution in [2.75, 3.05) is 0 Å². The van der Waals surface area contributed by atoms with E-state index in [1.54, 1.807) is 6.21 Å². The van der Waals surface area contributed by atoms with Gasteiger partial charge in [0.15, 0.2) is 0 Å². The monoisotopic (exact) mass is 366 g/mol. The lowest BCUT2D eigenvalue weighted by Crippen LogP contribution is -2.17. The third-order valence-electron chi connectivity index (χ3n) is 2.36. The smallest absolute Gasteiger partial charge is 0.271 e. The number of phenolic OH excluding ortho intramolecular Hbond substituents is 1. The van der Waals surface area contributed by atoms with Gasteiger partial charge in [0.1, 0.15) is 5.75 Å². The van der Waals surface area contributed by atoms with Gasteiger partial charge in [0.25, 0.3) is 5.91 Å². The van der Waals surface area contributed by atoms with Gasteiger partial charge in [-0.2, -0.15) is 5.10 Å². The van der Waals surface area contributed by atoms with Crippen molar-refractivity contribution in [2.45, 2.75) is 0 Å². The quantitative estimate of drug-likeness (QED) is 0.499. The highest BCUT2D eigenvalue weighted by Crippen LogP contribution is 2.09. The van der Waals surface area contributed by atoms with E-state index in [4.69, 9.17) is 5.11 Å². The molecule has 2 aromatic carbocycles. The molecule has 0 atom stereocenters. The average molecular weight is 366 g/mol. The molecule has 0 aliphatic rings. The average Bonchev–Trinajstić information content (AvgIpc) is 2.39. The highest BCUT2D eigenvalue weighted by atomic mass is 127. The summed E-state index contributed by atoms with van der Waals surface area (Å²) in [4.78, 5) is 11.7. The van der Waals surface area contributed by atoms with Crippen LogP contribution in [-0.2, 0) is 0 Å². The standard InChI is InChI=1S/C14H11IN2O2/c15-12-3-1-2-10(8-12)9-16-17-14(19)11-4-6-13(18)7-5-11/h1-9,18H,(H,17,19)/b16-9+. The topological polar surface area (TPSA) is 61.7 Å². The van der Waals surface area contributed by atoms with E-state index >= 15 is 0 Å². The van der Waals surface area contributed by atoms with E-state index in [0.29, 0.717) is 5.56 Å². The molecule has 0 aliphatic heterocycles. The summed E-state index contributed by atoms with van der Waals surface area (Å²) in [7, 11) is 0. The van der Waals surface area contributed by atoms with Gasteiger partial charge in [-0.1, -0.05) is 12.1 Å². The molecule has 19 heavy (non-hydrogen) atoms. The highest BCUT2D eigenvalue weighted by Gasteiger charge is 2.02. The molecule has 2 N–H and O–H groups in total. The predicted octanol–water partition coefficient (Wildman–Crippen LogP) is 2.76. The minimum Gasteiger partial charge on any atom is -0.508 e. The molecule has 96 valence electrons. The second kappa shape index (κ2) is 6.33. The zero-order chi connectivity index (χ0) is 13.7. The first kappa shape index (κ1) is 13.5. The molecule has 0 fully saturated rings. The minimum absolute atomic E-state index is 0.124. The molecule has 0 aliphatic carbocycles. The Kier molecular flexibility index (Phi) is 4.51. The van der Waals surface area contributed by atoms with Crippen molar-refractivity contribution in [1.29, 1.82) is 0 Å². The Labute approximate surface area is 124 Å². The summed E-state index contributed by atoms with van der Waals surface area (Å²) in [6.45, 7) is 0. The van der Waals surface area contributed by atoms with Gasteiger partial charge in [0.05, 0.1) is 6.21 Å². The van der Waals surface area contributed by atoms with E-state index in [9.17, 15) is 4.79 Å². The Morgan fingerprint density at radius 1 is 1.21 bits per heavy atom. The van der Waals surface area contributed by atoms with E-state index in [1.165, 1.54) is 24.3 Å². The van der Waals surface area contributed by atoms with Crippen LogP contribution in [0.15, 0.2) is 53.6 Å². The number of aromatic hydroxyl groups is 1. The first-order valence-electron chi connectivity index (χ1n) is 5.53. The van der Waals surface area contributed by atoms with Gasteiger partial charge >= 0.3 is 0 Å². The van der Waals surface area contributed by atoms with Crippen molar-refractivity contribution in [3.8, 4) is 5.75 Å². The van der Waals surface area contributed by atoms with Gasteiger partial charge in [0, 0.05) is 9.13 Å². The Hall–Kier alpha value is -1.89. The zero-order valence-electron chi connectivity index (χ0n) is 9.88. The molecule has 5 heteroatoms. The molecular formula is C14H11IN2O2. The molecule has 0 spiro atoms. The lowest BCUT2D eigenvalue weighted by molar-refractivity contribution is 0.0955. The molecule has 0 saturated carbocycles. The van der Waals surface area contributed by atoms with Crippen molar-refractivity contribution >= 4 is 34.7 Å². The number of carbonyl (C=O) groups excluding carboxylic acids is 1. The summed E-state index contributed by atoms with van der Waals surface area (Å²) in [6.07, 6.45) is 1.58. The van der Waals surface area contributed by atoms with E-state index < -0.39 is 0 Å². The number of phenols is 1. The molecule has 0 bridgehead atoms. The fraction of sp³-hybridized carbons (Fsp3) is 0. The van der Waals surface area contributed by atoms with Gasteiger partial charge in [-0.3, -0.25) is 4.79 Å². The second-order valence-electron chi connectivity index (χ2n) is 3.80. The van der Waals surface area contributed by atoms with Crippen molar-refractivity contribution < 1.29 is 9.90 Å². The fourth-order valence-electron chi connectivity index (χ4n) is 1.43. The molecule has 2 aromatic rings. The molecule has 4 nitrogen and oxygen atoms in total. The van der Waals surface area contributed by atoms with Gasteiger partial charge in [-0.05, 0) is 64.6 Å². The van der Waals surface area contributed by atoms with Crippen LogP contribution in [0.4, 0.5) is 0 Å². The van der Waals surface area contributed by atoms with Crippen LogP contribution >= 0.6 is 22.6 Å². The normalized spacial score (nSPS) is 10.6. The van der Waals surface area contributed by atoms with Gasteiger partial charge in [-0.15, -0.1) is 0 Å². The van der Waals surface area contributed by atoms with Crippen LogP contribution in [0.3, 0.4) is 0 Å². The number of halogens is 1. The fourth-order valence-corrected chi connectivity index (χ4v) is 2.00. The van der Waals surface area contributed by atoms with E-state index in [1.807, 2.05) is 24.3 Å². The van der Waals surface area contributed by atoms with Crippen LogP contribution in [0.5, 0.6) is 5.75 Å². The van der Waals surface area contributed by atoms with Crippen molar-refractivity contribution in [1.82, 2.24) is 5.43 Å². The minimum atomic E-state index is -0.318. The summed E-state index contributed by atoms with van der Waals surface area (Å²) in [5.41, 5.74) is 3.79. The van der Waals surface area contributed by atoms with Crippen LogP contribution < -0.4 is 5.43 Å². The molecule has 2 rings (SSSR count). The third kappa shape index (κ3) is 4.06. The van der Waals surface area contributed by atoms with Crippen molar-refractivity contribution in [3.05, 3.63) is 63.2 Å². The lowest BCUT2D eigenvalue weighted by Gasteiger charge is -2.00. The molecule has 0 radical (unpaired) electrons. The number of hydrazone groups is 1. The molecule has 1 amide bonds. The largest absolute Gasteiger partial charge is 0.508 e. The van der Waals surface area contributed by atoms with E-state index in [-0.39, 0.29) is 11.7 Å². The maximum absolute atomic E-state index is 11.7. The SMILES string of the molecule is O=C(N/N=C/c1cccc(I)c1)c1ccc(O)cc1. The number of benzene rings is 2. The number of nitrogens with zero attached hydrogens (tertiary/aromatic N) is 1. The van der Waals surface area contributed by atoms with Crippen LogP contribution in [0.1, 0.15) is 15.9 Å². The summed E-state index contributed by atoms with van der Waals surface area (Å²) < 4.78 is 1.10. The van der Waals surface area contributed by atoms with Crippen LogP contribution in [0.2, 0.25) is 0 Å². The second-order valence-corrected chi connectivity index (χ2v) is 5.05. The van der Waals surface area contributed by atoms with Crippen molar-refractivity contribution in [3.63, 3.8) is 0 Å². The van der Waals surface area contributed by atoms with Gasteiger partial charge in [-0.25, -0.2) is 5.43 Å². The molecule has 0 aromatic heterocycles. The third-order valence-corrected chi connectivity index (χ3v) is 3.03. The molecule has 0 saturated heterocycles. The number of hydrogen-bond acceptors (Lipinski definition) is 3. The number of hydrogen-bond donors (Lipinski definition) is 2. The first-order chi connectivity index (χ1) is 9.15. The molecule has 0 unspecified atom stereocenters. The Balaban J connectivity index is 1.98. The van der Waals surface area contributed by atoms with E-state index in [0.717, 1.165) is 9.13 Å². The molecule has 0 heterocycles. The molecular weight excluding hydrogens is 355 g/mol. The first-order valence-corrected chi connectivity index (χ1v) is 6.61. The van der Waals surface area contributed by atoms with Gasteiger partial charge < -0.3 is 5.11 Å². The highest BCUT2D eigenvalue weighted by molar-refractivity contribution is 14.1. The van der Waals surface area contributed by atoms with Crippen LogP contribution in [0.25, 0.3) is 0 Å². The predicted molar refractivity (Wildman–Crippen MR) is 82.3 cm³/mol. The van der Waals surface area contributed by atoms with E-state index in [2.05, 4.69) is 33.1 Å². The lowest BCUT2D eigenvalue weighted by atomic mass is 10.2. The number of carbonyl (C=O) groups is 1. The van der Waals surface area contributed by atoms with Crippen molar-refractivity contribution in [2.24, 2.45) is 5.10 Å². The Bertz CT molecular complexity index is 609. The number of nitrogens with one attached hydrogen (secondary N) is 1. The summed E-state index contributed by atoms with van der Waals surface area (Å²) in [5, 5.41) is 13.0. The number of amides is 1. The summed E-state index contributed by atoms with van der Waals surface area (Å²) in [5.74, 6) is -0.194. The van der Waals surface area contributed by atoms with Crippen LogP contribution in [0, 0.1) is 3.57 Å². The van der Waals surface area contributed by atoms with Gasteiger partial charge in [0.2, 0.25) is 0 Å². The Morgan fingerprint density at radius 2 is 1.95 bits per heavy atom. The maximum Gasteiger partial charge on any atom is 0.271 e. The summed E-state index contributed by atoms with van der Waals surface area (Å²) in [6, 6.07) is 13.7. The number of rotatable bonds is 3. The maximum atomic E-state index is 11.7. The zero-order valence-corrected chi connectivity index (χ0v) is 12.0. The van der Waals surface area contributed by atoms with Crippen LogP contribution in [-0.4, -0.2) is 17.2 Å². The Morgan fingerprint density at radius 3 is 2.63 bits per heavy atom.